The van der Waals surface area contributed by atoms with Gasteiger partial charge in [-0.15, -0.1) is 0 Å². The molecule has 1 saturated heterocycles. The molecule has 6 nitrogen and oxygen atoms in total. The molecule has 2 heterocycles. The van der Waals surface area contributed by atoms with E-state index < -0.39 is 9.84 Å². The summed E-state index contributed by atoms with van der Waals surface area (Å²) in [4.78, 5) is 28.3. The molecule has 3 rings (SSSR count). The van der Waals surface area contributed by atoms with Crippen molar-refractivity contribution in [3.05, 3.63) is 22.2 Å². The number of amides is 2. The Balaban J connectivity index is 1.82. The number of anilines is 1. The molecule has 1 aromatic rings. The Morgan fingerprint density at radius 2 is 1.96 bits per heavy atom. The first-order valence-electron chi connectivity index (χ1n) is 9.86. The molecule has 2 amide bonds. The summed E-state index contributed by atoms with van der Waals surface area (Å²) in [6.07, 6.45) is 2.99. The largest absolute Gasteiger partial charge is 0.342 e. The van der Waals surface area contributed by atoms with Gasteiger partial charge in [0, 0.05) is 36.9 Å². The summed E-state index contributed by atoms with van der Waals surface area (Å²) >= 11 is 3.39. The van der Waals surface area contributed by atoms with E-state index in [2.05, 4.69) is 22.9 Å². The number of fused-ring (bicyclic) bond motifs is 1. The number of hydrogen-bond donors (Lipinski definition) is 0. The second-order valence-corrected chi connectivity index (χ2v) is 10.7. The number of nitrogens with zero attached hydrogens (tertiary/aromatic N) is 2. The van der Waals surface area contributed by atoms with Crippen molar-refractivity contribution in [2.75, 3.05) is 30.3 Å². The lowest BCUT2D eigenvalue weighted by molar-refractivity contribution is -0.132. The summed E-state index contributed by atoms with van der Waals surface area (Å²) in [6.45, 7) is 5.77. The predicted octanol–water partition coefficient (Wildman–Crippen LogP) is 3.17. The predicted molar refractivity (Wildman–Crippen MR) is 112 cm³/mol. The van der Waals surface area contributed by atoms with Crippen LogP contribution < -0.4 is 4.90 Å². The van der Waals surface area contributed by atoms with Gasteiger partial charge in [-0.25, -0.2) is 8.42 Å². The molecule has 0 spiro atoms. The Kier molecular flexibility index (Phi) is 6.49. The van der Waals surface area contributed by atoms with Gasteiger partial charge in [-0.05, 0) is 42.9 Å². The zero-order valence-electron chi connectivity index (χ0n) is 16.4. The standard InChI is InChI=1S/C20H27BrN2O4S/c1-3-18(24)23-9-6-15-11-16(21)12-17(20(15)23)28(26,27)10-7-19(25)22-8-4-5-14(2)13-22/h11-12,14H,3-10,13H2,1-2H3. The summed E-state index contributed by atoms with van der Waals surface area (Å²) in [5.41, 5.74) is 1.35. The molecule has 0 radical (unpaired) electrons. The van der Waals surface area contributed by atoms with Crippen molar-refractivity contribution in [1.29, 1.82) is 0 Å². The number of rotatable bonds is 5. The Morgan fingerprint density at radius 3 is 2.64 bits per heavy atom. The van der Waals surface area contributed by atoms with E-state index >= 15 is 0 Å². The number of likely N-dealkylation sites (tertiary alicyclic amines) is 1. The van der Waals surface area contributed by atoms with Gasteiger partial charge in [0.25, 0.3) is 0 Å². The van der Waals surface area contributed by atoms with Crippen LogP contribution >= 0.6 is 15.9 Å². The number of carbonyl (C=O) groups is 2. The van der Waals surface area contributed by atoms with E-state index in [9.17, 15) is 18.0 Å². The van der Waals surface area contributed by atoms with Crippen LogP contribution in [0.5, 0.6) is 0 Å². The lowest BCUT2D eigenvalue weighted by Crippen LogP contribution is -2.39. The minimum atomic E-state index is -3.70. The first kappa shape index (κ1) is 21.3. The molecular formula is C20H27BrN2O4S. The molecule has 0 saturated carbocycles. The lowest BCUT2D eigenvalue weighted by Gasteiger charge is -2.31. The molecule has 2 aliphatic rings. The van der Waals surface area contributed by atoms with E-state index in [-0.39, 0.29) is 28.9 Å². The van der Waals surface area contributed by atoms with Crippen molar-refractivity contribution in [2.45, 2.75) is 50.8 Å². The van der Waals surface area contributed by atoms with Gasteiger partial charge in [-0.1, -0.05) is 29.8 Å². The number of sulfone groups is 1. The number of carbonyl (C=O) groups excluding carboxylic acids is 2. The lowest BCUT2D eigenvalue weighted by atomic mass is 10.0. The van der Waals surface area contributed by atoms with Gasteiger partial charge in [0.2, 0.25) is 11.8 Å². The monoisotopic (exact) mass is 470 g/mol. The summed E-state index contributed by atoms with van der Waals surface area (Å²) in [7, 11) is -3.70. The van der Waals surface area contributed by atoms with Gasteiger partial charge in [0.1, 0.15) is 0 Å². The Labute approximate surface area is 175 Å². The molecule has 1 unspecified atom stereocenters. The molecule has 0 bridgehead atoms. The van der Waals surface area contributed by atoms with Crippen molar-refractivity contribution < 1.29 is 18.0 Å². The first-order chi connectivity index (χ1) is 13.2. The van der Waals surface area contributed by atoms with Gasteiger partial charge in [-0.2, -0.15) is 0 Å². The van der Waals surface area contributed by atoms with Crippen LogP contribution in [0.25, 0.3) is 0 Å². The zero-order valence-corrected chi connectivity index (χ0v) is 18.8. The van der Waals surface area contributed by atoms with E-state index in [0.717, 1.165) is 18.4 Å². The summed E-state index contributed by atoms with van der Waals surface area (Å²) in [5.74, 6) is 0.0174. The molecule has 8 heteroatoms. The highest BCUT2D eigenvalue weighted by Crippen LogP contribution is 2.38. The van der Waals surface area contributed by atoms with Crippen molar-refractivity contribution >= 4 is 43.3 Å². The van der Waals surface area contributed by atoms with Crippen LogP contribution in [0, 0.1) is 5.92 Å². The highest BCUT2D eigenvalue weighted by atomic mass is 79.9. The van der Waals surface area contributed by atoms with Gasteiger partial charge in [0.15, 0.2) is 9.84 Å². The van der Waals surface area contributed by atoms with Gasteiger partial charge >= 0.3 is 0 Å². The van der Waals surface area contributed by atoms with E-state index in [0.29, 0.717) is 48.6 Å². The quantitative estimate of drug-likeness (QED) is 0.661. The molecule has 1 fully saturated rings. The van der Waals surface area contributed by atoms with Crippen molar-refractivity contribution in [2.24, 2.45) is 5.92 Å². The summed E-state index contributed by atoms with van der Waals surface area (Å²) in [6, 6.07) is 3.43. The zero-order chi connectivity index (χ0) is 20.5. The molecule has 0 aliphatic carbocycles. The fourth-order valence-corrected chi connectivity index (χ4v) is 6.21. The average molecular weight is 471 g/mol. The smallest absolute Gasteiger partial charge is 0.226 e. The van der Waals surface area contributed by atoms with Gasteiger partial charge in [-0.3, -0.25) is 9.59 Å². The highest BCUT2D eigenvalue weighted by molar-refractivity contribution is 9.10. The third kappa shape index (κ3) is 4.43. The number of hydrogen-bond acceptors (Lipinski definition) is 4. The molecule has 1 atom stereocenters. The molecule has 1 aromatic carbocycles. The third-order valence-electron chi connectivity index (χ3n) is 5.53. The second-order valence-electron chi connectivity index (χ2n) is 7.72. The minimum absolute atomic E-state index is 0.0297. The van der Waals surface area contributed by atoms with E-state index in [1.165, 1.54) is 0 Å². The maximum Gasteiger partial charge on any atom is 0.226 e. The van der Waals surface area contributed by atoms with E-state index in [4.69, 9.17) is 0 Å². The number of piperidine rings is 1. The van der Waals surface area contributed by atoms with E-state index in [1.54, 1.807) is 22.8 Å². The first-order valence-corrected chi connectivity index (χ1v) is 12.3. The van der Waals surface area contributed by atoms with Crippen LogP contribution in [0.2, 0.25) is 0 Å². The highest BCUT2D eigenvalue weighted by Gasteiger charge is 2.32. The maximum atomic E-state index is 13.1. The van der Waals surface area contributed by atoms with Crippen LogP contribution in [0.1, 0.15) is 45.1 Å². The SMILES string of the molecule is CCC(=O)N1CCc2cc(Br)cc(S(=O)(=O)CCC(=O)N3CCCC(C)C3)c21. The van der Waals surface area contributed by atoms with Crippen LogP contribution in [-0.2, 0) is 25.8 Å². The van der Waals surface area contributed by atoms with Crippen molar-refractivity contribution in [1.82, 2.24) is 4.90 Å². The second kappa shape index (κ2) is 8.53. The molecule has 0 aromatic heterocycles. The Morgan fingerprint density at radius 1 is 1.21 bits per heavy atom. The Bertz CT molecular complexity index is 884. The van der Waals surface area contributed by atoms with Gasteiger partial charge < -0.3 is 9.80 Å². The van der Waals surface area contributed by atoms with Crippen molar-refractivity contribution in [3.63, 3.8) is 0 Å². The Hall–Kier alpha value is -1.41. The summed E-state index contributed by atoms with van der Waals surface area (Å²) < 4.78 is 26.9. The van der Waals surface area contributed by atoms with Crippen LogP contribution in [0.4, 0.5) is 5.69 Å². The fourth-order valence-electron chi connectivity index (χ4n) is 4.05. The van der Waals surface area contributed by atoms with Crippen LogP contribution in [0.15, 0.2) is 21.5 Å². The maximum absolute atomic E-state index is 13.1. The third-order valence-corrected chi connectivity index (χ3v) is 7.71. The minimum Gasteiger partial charge on any atom is -0.342 e. The average Bonchev–Trinajstić information content (AvgIpc) is 3.08. The topological polar surface area (TPSA) is 74.8 Å². The molecule has 28 heavy (non-hydrogen) atoms. The molecule has 154 valence electrons. The molecule has 2 aliphatic heterocycles. The van der Waals surface area contributed by atoms with E-state index in [1.807, 2.05) is 6.07 Å². The normalized spacial score (nSPS) is 19.6. The van der Waals surface area contributed by atoms with Gasteiger partial charge in [0.05, 0.1) is 16.3 Å². The molecular weight excluding hydrogens is 444 g/mol. The van der Waals surface area contributed by atoms with Crippen molar-refractivity contribution in [3.8, 4) is 0 Å². The van der Waals surface area contributed by atoms with Crippen LogP contribution in [0.3, 0.4) is 0 Å². The molecule has 0 N–H and O–H groups in total. The fraction of sp³-hybridized carbons (Fsp3) is 0.600. The summed E-state index contributed by atoms with van der Waals surface area (Å²) in [5, 5.41) is 0. The van der Waals surface area contributed by atoms with Crippen LogP contribution in [-0.4, -0.2) is 50.5 Å². The number of halogens is 1. The number of benzene rings is 1.